The molecule has 0 spiro atoms. The van der Waals surface area contributed by atoms with Gasteiger partial charge in [-0.25, -0.2) is 0 Å². The minimum atomic E-state index is -4.58. The average molecular weight is 365 g/mol. The molecule has 0 saturated heterocycles. The molecule has 0 radical (unpaired) electrons. The molecule has 1 N–H and O–H groups in total. The summed E-state index contributed by atoms with van der Waals surface area (Å²) in [4.78, 5) is 13.2. The highest BCUT2D eigenvalue weighted by Crippen LogP contribution is 2.31. The number of alkyl halides is 3. The van der Waals surface area contributed by atoms with Crippen LogP contribution in [0.25, 0.3) is 10.6 Å². The summed E-state index contributed by atoms with van der Waals surface area (Å²) in [6, 6.07) is 10.4. The number of aromatic nitrogens is 2. The zero-order valence-electron chi connectivity index (χ0n) is 13.2. The van der Waals surface area contributed by atoms with Crippen molar-refractivity contribution in [3.63, 3.8) is 0 Å². The molecule has 0 bridgehead atoms. The van der Waals surface area contributed by atoms with Gasteiger partial charge in [0.1, 0.15) is 0 Å². The van der Waals surface area contributed by atoms with Crippen LogP contribution >= 0.6 is 11.3 Å². The summed E-state index contributed by atoms with van der Waals surface area (Å²) in [6.45, 7) is 0.0459. The normalized spacial score (nSPS) is 11.5. The number of halogens is 3. The van der Waals surface area contributed by atoms with E-state index in [1.165, 1.54) is 12.1 Å². The van der Waals surface area contributed by atoms with Crippen LogP contribution in [0.4, 0.5) is 13.2 Å². The van der Waals surface area contributed by atoms with Crippen molar-refractivity contribution < 1.29 is 18.0 Å². The summed E-state index contributed by atoms with van der Waals surface area (Å²) < 4.78 is 40.6. The molecule has 0 aliphatic rings. The van der Waals surface area contributed by atoms with Gasteiger partial charge in [-0.2, -0.15) is 18.3 Å². The van der Waals surface area contributed by atoms with Gasteiger partial charge in [0.2, 0.25) is 0 Å². The van der Waals surface area contributed by atoms with Gasteiger partial charge in [-0.3, -0.25) is 9.48 Å². The first-order chi connectivity index (χ1) is 11.9. The van der Waals surface area contributed by atoms with Crippen LogP contribution in [-0.4, -0.2) is 15.7 Å². The topological polar surface area (TPSA) is 46.9 Å². The van der Waals surface area contributed by atoms with Gasteiger partial charge in [0.15, 0.2) is 0 Å². The molecule has 25 heavy (non-hydrogen) atoms. The number of nitrogens with zero attached hydrogens (tertiary/aromatic N) is 2. The Kier molecular flexibility index (Phi) is 4.63. The monoisotopic (exact) mass is 365 g/mol. The molecule has 3 aromatic rings. The Bertz CT molecular complexity index is 885. The third-order valence-corrected chi connectivity index (χ3v) is 4.50. The Morgan fingerprint density at radius 3 is 2.68 bits per heavy atom. The Balaban J connectivity index is 1.75. The quantitative estimate of drug-likeness (QED) is 0.757. The molecule has 0 saturated carbocycles. The lowest BCUT2D eigenvalue weighted by molar-refractivity contribution is -0.137. The van der Waals surface area contributed by atoms with Gasteiger partial charge >= 0.3 is 6.18 Å². The van der Waals surface area contributed by atoms with Crippen molar-refractivity contribution in [2.24, 2.45) is 7.05 Å². The number of carbonyl (C=O) groups is 1. The molecular weight excluding hydrogens is 351 g/mol. The van der Waals surface area contributed by atoms with Crippen LogP contribution in [0.15, 0.2) is 47.8 Å². The molecule has 1 aromatic carbocycles. The Morgan fingerprint density at radius 2 is 2.00 bits per heavy atom. The van der Waals surface area contributed by atoms with Crippen LogP contribution < -0.4 is 5.32 Å². The fraction of sp³-hybridized carbons (Fsp3) is 0.176. The molecule has 4 nitrogen and oxygen atoms in total. The van der Waals surface area contributed by atoms with Crippen molar-refractivity contribution in [3.05, 3.63) is 64.7 Å². The highest BCUT2D eigenvalue weighted by atomic mass is 32.1. The summed E-state index contributed by atoms with van der Waals surface area (Å²) in [7, 11) is 1.78. The predicted molar refractivity (Wildman–Crippen MR) is 89.1 cm³/mol. The molecule has 0 unspecified atom stereocenters. The molecule has 0 atom stereocenters. The van der Waals surface area contributed by atoms with E-state index < -0.39 is 23.2 Å². The molecule has 0 aliphatic heterocycles. The number of aryl methyl sites for hydroxylation is 1. The van der Waals surface area contributed by atoms with Crippen molar-refractivity contribution in [1.82, 2.24) is 15.1 Å². The van der Waals surface area contributed by atoms with Gasteiger partial charge in [0.25, 0.3) is 5.91 Å². The minimum Gasteiger partial charge on any atom is -0.346 e. The van der Waals surface area contributed by atoms with Crippen LogP contribution in [0.5, 0.6) is 0 Å². The van der Waals surface area contributed by atoms with Gasteiger partial charge in [-0.15, -0.1) is 11.3 Å². The first-order valence-corrected chi connectivity index (χ1v) is 8.25. The number of thiophene rings is 1. The summed E-state index contributed by atoms with van der Waals surface area (Å²) >= 11 is 1.56. The van der Waals surface area contributed by atoms with Crippen LogP contribution in [0.1, 0.15) is 21.6 Å². The molecule has 8 heteroatoms. The first-order valence-electron chi connectivity index (χ1n) is 7.37. The van der Waals surface area contributed by atoms with E-state index in [9.17, 15) is 18.0 Å². The van der Waals surface area contributed by atoms with E-state index in [1.54, 1.807) is 23.1 Å². The average Bonchev–Trinajstić information content (AvgIpc) is 3.21. The van der Waals surface area contributed by atoms with Crippen LogP contribution in [0.3, 0.4) is 0 Å². The zero-order chi connectivity index (χ0) is 18.0. The predicted octanol–water partition coefficient (Wildman–Crippen LogP) is 4.10. The Morgan fingerprint density at radius 1 is 1.24 bits per heavy atom. The second-order valence-electron chi connectivity index (χ2n) is 5.35. The number of carbonyl (C=O) groups excluding carboxylic acids is 1. The van der Waals surface area contributed by atoms with Crippen LogP contribution in [-0.2, 0) is 19.8 Å². The van der Waals surface area contributed by atoms with Crippen molar-refractivity contribution >= 4 is 17.2 Å². The second-order valence-corrected chi connectivity index (χ2v) is 6.30. The van der Waals surface area contributed by atoms with E-state index in [0.29, 0.717) is 5.69 Å². The third-order valence-electron chi connectivity index (χ3n) is 3.61. The molecule has 2 aromatic heterocycles. The van der Waals surface area contributed by atoms with Crippen LogP contribution in [0, 0.1) is 0 Å². The SMILES string of the molecule is Cn1nc(CNC(=O)c2ccccc2C(F)(F)F)cc1-c1cccs1. The summed E-state index contributed by atoms with van der Waals surface area (Å²) in [6.07, 6.45) is -4.58. The summed E-state index contributed by atoms with van der Waals surface area (Å²) in [5.41, 5.74) is 0.107. The standard InChI is InChI=1S/C17H14F3N3OS/c1-23-14(15-7-4-8-25-15)9-11(22-23)10-21-16(24)12-5-2-3-6-13(12)17(18,19)20/h2-9H,10H2,1H3,(H,21,24). The van der Waals surface area contributed by atoms with Crippen molar-refractivity contribution in [3.8, 4) is 10.6 Å². The fourth-order valence-corrected chi connectivity index (χ4v) is 3.23. The van der Waals surface area contributed by atoms with Crippen molar-refractivity contribution in [1.29, 1.82) is 0 Å². The van der Waals surface area contributed by atoms with Gasteiger partial charge in [-0.05, 0) is 29.6 Å². The lowest BCUT2D eigenvalue weighted by atomic mass is 10.1. The molecule has 3 rings (SSSR count). The molecular formula is C17H14F3N3OS. The summed E-state index contributed by atoms with van der Waals surface area (Å²) in [5, 5.41) is 8.73. The lowest BCUT2D eigenvalue weighted by Crippen LogP contribution is -2.26. The zero-order valence-corrected chi connectivity index (χ0v) is 14.0. The first kappa shape index (κ1) is 17.2. The van der Waals surface area contributed by atoms with E-state index in [-0.39, 0.29) is 6.54 Å². The fourth-order valence-electron chi connectivity index (χ4n) is 2.46. The number of hydrogen-bond donors (Lipinski definition) is 1. The van der Waals surface area contributed by atoms with Crippen molar-refractivity contribution in [2.75, 3.05) is 0 Å². The second kappa shape index (κ2) is 6.72. The Labute approximate surface area is 145 Å². The highest BCUT2D eigenvalue weighted by molar-refractivity contribution is 7.13. The van der Waals surface area contributed by atoms with Gasteiger partial charge in [0.05, 0.1) is 33.9 Å². The van der Waals surface area contributed by atoms with E-state index in [1.807, 2.05) is 23.6 Å². The van der Waals surface area contributed by atoms with E-state index in [4.69, 9.17) is 0 Å². The molecule has 0 fully saturated rings. The largest absolute Gasteiger partial charge is 0.417 e. The number of amides is 1. The highest BCUT2D eigenvalue weighted by Gasteiger charge is 2.34. The van der Waals surface area contributed by atoms with Crippen LogP contribution in [0.2, 0.25) is 0 Å². The molecule has 2 heterocycles. The Hall–Kier alpha value is -2.61. The smallest absolute Gasteiger partial charge is 0.346 e. The van der Waals surface area contributed by atoms with Gasteiger partial charge < -0.3 is 5.32 Å². The number of benzene rings is 1. The van der Waals surface area contributed by atoms with Gasteiger partial charge in [0, 0.05) is 7.05 Å². The van der Waals surface area contributed by atoms with E-state index in [0.717, 1.165) is 22.7 Å². The molecule has 0 aliphatic carbocycles. The third kappa shape index (κ3) is 3.74. The number of rotatable bonds is 4. The maximum Gasteiger partial charge on any atom is 0.417 e. The molecule has 130 valence electrons. The van der Waals surface area contributed by atoms with Crippen molar-refractivity contribution in [2.45, 2.75) is 12.7 Å². The van der Waals surface area contributed by atoms with Gasteiger partial charge in [-0.1, -0.05) is 18.2 Å². The number of hydrogen-bond acceptors (Lipinski definition) is 3. The van der Waals surface area contributed by atoms with E-state index >= 15 is 0 Å². The van der Waals surface area contributed by atoms with E-state index in [2.05, 4.69) is 10.4 Å². The lowest BCUT2D eigenvalue weighted by Gasteiger charge is -2.12. The summed E-state index contributed by atoms with van der Waals surface area (Å²) in [5.74, 6) is -0.781. The number of nitrogens with one attached hydrogen (secondary N) is 1. The minimum absolute atomic E-state index is 0.0459. The maximum atomic E-state index is 13.0. The maximum absolute atomic E-state index is 13.0. The molecule has 1 amide bonds.